The molecule has 0 amide bonds. The smallest absolute Gasteiger partial charge is 0.159 e. The molecule has 0 fully saturated rings. The van der Waals surface area contributed by atoms with Crippen LogP contribution in [0.3, 0.4) is 0 Å². The van der Waals surface area contributed by atoms with Crippen molar-refractivity contribution in [1.29, 1.82) is 0 Å². The van der Waals surface area contributed by atoms with Crippen molar-refractivity contribution in [1.82, 2.24) is 9.97 Å². The summed E-state index contributed by atoms with van der Waals surface area (Å²) in [6, 6.07) is 1.84. The maximum atomic E-state index is 6.03. The van der Waals surface area contributed by atoms with Crippen LogP contribution in [-0.4, -0.2) is 16.6 Å². The summed E-state index contributed by atoms with van der Waals surface area (Å²) in [5.41, 5.74) is 0.994. The summed E-state index contributed by atoms with van der Waals surface area (Å²) >= 11 is 6.03. The zero-order chi connectivity index (χ0) is 12.8. The molecule has 0 bridgehead atoms. The third-order valence-electron chi connectivity index (χ3n) is 2.41. The van der Waals surface area contributed by atoms with Gasteiger partial charge < -0.3 is 4.74 Å². The van der Waals surface area contributed by atoms with Crippen molar-refractivity contribution in [2.24, 2.45) is 5.92 Å². The first-order valence-electron chi connectivity index (χ1n) is 6.21. The summed E-state index contributed by atoms with van der Waals surface area (Å²) < 4.78 is 5.61. The van der Waals surface area contributed by atoms with Crippen LogP contribution >= 0.6 is 11.6 Å². The monoisotopic (exact) mass is 256 g/mol. The first kappa shape index (κ1) is 14.4. The normalized spacial score (nSPS) is 13.1. The predicted molar refractivity (Wildman–Crippen MR) is 70.2 cm³/mol. The molecule has 1 rings (SSSR count). The summed E-state index contributed by atoms with van der Waals surface area (Å²) in [6.45, 7) is 9.02. The average molecular weight is 257 g/mol. The standard InChI is InChI=1S/C13H21ClN2O/c1-5-11(17-6-2)13-15-10(7-9(3)4)8-12(14)16-13/h8-9,11H,5-7H2,1-4H3. The van der Waals surface area contributed by atoms with Crippen LogP contribution in [0.2, 0.25) is 5.15 Å². The minimum Gasteiger partial charge on any atom is -0.371 e. The first-order chi connectivity index (χ1) is 8.06. The van der Waals surface area contributed by atoms with Crippen molar-refractivity contribution < 1.29 is 4.74 Å². The van der Waals surface area contributed by atoms with Gasteiger partial charge in [-0.25, -0.2) is 9.97 Å². The van der Waals surface area contributed by atoms with E-state index in [2.05, 4.69) is 30.7 Å². The maximum absolute atomic E-state index is 6.03. The second-order valence-corrected chi connectivity index (χ2v) is 4.88. The van der Waals surface area contributed by atoms with Gasteiger partial charge in [-0.3, -0.25) is 0 Å². The Morgan fingerprint density at radius 2 is 2.00 bits per heavy atom. The van der Waals surface area contributed by atoms with E-state index < -0.39 is 0 Å². The fourth-order valence-electron chi connectivity index (χ4n) is 1.73. The highest BCUT2D eigenvalue weighted by atomic mass is 35.5. The lowest BCUT2D eigenvalue weighted by Crippen LogP contribution is -2.10. The van der Waals surface area contributed by atoms with Gasteiger partial charge in [0.25, 0.3) is 0 Å². The van der Waals surface area contributed by atoms with Gasteiger partial charge in [0.05, 0.1) is 0 Å². The van der Waals surface area contributed by atoms with Gasteiger partial charge >= 0.3 is 0 Å². The fraction of sp³-hybridized carbons (Fsp3) is 0.692. The van der Waals surface area contributed by atoms with E-state index in [1.165, 1.54) is 0 Å². The highest BCUT2D eigenvalue weighted by Gasteiger charge is 2.14. The van der Waals surface area contributed by atoms with Gasteiger partial charge in [-0.2, -0.15) is 0 Å². The predicted octanol–water partition coefficient (Wildman–Crippen LogP) is 3.82. The van der Waals surface area contributed by atoms with E-state index in [0.29, 0.717) is 23.5 Å². The molecule has 0 radical (unpaired) electrons. The molecule has 0 N–H and O–H groups in total. The Labute approximate surface area is 109 Å². The van der Waals surface area contributed by atoms with E-state index in [-0.39, 0.29) is 6.10 Å². The third kappa shape index (κ3) is 4.60. The molecule has 0 saturated heterocycles. The molecule has 1 aromatic heterocycles. The molecule has 0 aliphatic heterocycles. The van der Waals surface area contributed by atoms with Crippen LogP contribution in [0.4, 0.5) is 0 Å². The fourth-order valence-corrected chi connectivity index (χ4v) is 1.94. The zero-order valence-corrected chi connectivity index (χ0v) is 11.8. The number of hydrogen-bond donors (Lipinski definition) is 0. The molecule has 17 heavy (non-hydrogen) atoms. The van der Waals surface area contributed by atoms with Crippen molar-refractivity contribution in [2.75, 3.05) is 6.61 Å². The lowest BCUT2D eigenvalue weighted by atomic mass is 10.1. The van der Waals surface area contributed by atoms with E-state index in [4.69, 9.17) is 16.3 Å². The van der Waals surface area contributed by atoms with Gasteiger partial charge in [0.2, 0.25) is 0 Å². The molecule has 4 heteroatoms. The molecular weight excluding hydrogens is 236 g/mol. The van der Waals surface area contributed by atoms with Crippen LogP contribution in [0.1, 0.15) is 51.7 Å². The molecule has 1 atom stereocenters. The summed E-state index contributed by atoms with van der Waals surface area (Å²) in [5, 5.41) is 0.504. The van der Waals surface area contributed by atoms with Crippen molar-refractivity contribution in [3.8, 4) is 0 Å². The highest BCUT2D eigenvalue weighted by Crippen LogP contribution is 2.20. The lowest BCUT2D eigenvalue weighted by molar-refractivity contribution is 0.0533. The van der Waals surface area contributed by atoms with Crippen molar-refractivity contribution in [3.63, 3.8) is 0 Å². The topological polar surface area (TPSA) is 35.0 Å². The van der Waals surface area contributed by atoms with Crippen LogP contribution in [-0.2, 0) is 11.2 Å². The van der Waals surface area contributed by atoms with Gasteiger partial charge in [-0.1, -0.05) is 32.4 Å². The molecule has 1 unspecified atom stereocenters. The molecule has 0 aliphatic rings. The van der Waals surface area contributed by atoms with Crippen LogP contribution in [0, 0.1) is 5.92 Å². The number of nitrogens with zero attached hydrogens (tertiary/aromatic N) is 2. The molecule has 0 saturated carbocycles. The molecule has 0 aliphatic carbocycles. The van der Waals surface area contributed by atoms with E-state index in [1.807, 2.05) is 13.0 Å². The Bertz CT molecular complexity index is 355. The third-order valence-corrected chi connectivity index (χ3v) is 2.60. The minimum absolute atomic E-state index is 0.0513. The van der Waals surface area contributed by atoms with Crippen molar-refractivity contribution in [2.45, 2.75) is 46.6 Å². The van der Waals surface area contributed by atoms with E-state index in [0.717, 1.165) is 18.5 Å². The summed E-state index contributed by atoms with van der Waals surface area (Å²) in [7, 11) is 0. The second-order valence-electron chi connectivity index (χ2n) is 4.49. The van der Waals surface area contributed by atoms with Crippen molar-refractivity contribution >= 4 is 11.6 Å². The second kappa shape index (κ2) is 6.92. The SMILES string of the molecule is CCOC(CC)c1nc(Cl)cc(CC(C)C)n1. The molecule has 96 valence electrons. The molecular formula is C13H21ClN2O. The molecule has 0 spiro atoms. The summed E-state index contributed by atoms with van der Waals surface area (Å²) in [4.78, 5) is 8.80. The molecule has 0 aromatic carbocycles. The van der Waals surface area contributed by atoms with Gasteiger partial charge in [0.1, 0.15) is 11.3 Å². The van der Waals surface area contributed by atoms with Gasteiger partial charge in [0.15, 0.2) is 5.82 Å². The van der Waals surface area contributed by atoms with E-state index in [9.17, 15) is 0 Å². The number of aromatic nitrogens is 2. The number of rotatable bonds is 6. The Kier molecular flexibility index (Phi) is 5.86. The Morgan fingerprint density at radius 1 is 1.29 bits per heavy atom. The van der Waals surface area contributed by atoms with E-state index in [1.54, 1.807) is 0 Å². The number of ether oxygens (including phenoxy) is 1. The van der Waals surface area contributed by atoms with Gasteiger partial charge in [-0.05, 0) is 31.7 Å². The Morgan fingerprint density at radius 3 is 2.53 bits per heavy atom. The largest absolute Gasteiger partial charge is 0.371 e. The van der Waals surface area contributed by atoms with Crippen molar-refractivity contribution in [3.05, 3.63) is 22.7 Å². The average Bonchev–Trinajstić information content (AvgIpc) is 2.23. The quantitative estimate of drug-likeness (QED) is 0.726. The number of hydrogen-bond acceptors (Lipinski definition) is 3. The van der Waals surface area contributed by atoms with Crippen LogP contribution < -0.4 is 0 Å². The summed E-state index contributed by atoms with van der Waals surface area (Å²) in [6.07, 6.45) is 1.72. The highest BCUT2D eigenvalue weighted by molar-refractivity contribution is 6.29. The number of halogens is 1. The van der Waals surface area contributed by atoms with Crippen LogP contribution in [0.25, 0.3) is 0 Å². The lowest BCUT2D eigenvalue weighted by Gasteiger charge is -2.15. The minimum atomic E-state index is -0.0513. The maximum Gasteiger partial charge on any atom is 0.159 e. The Hall–Kier alpha value is -0.670. The molecule has 1 heterocycles. The Balaban J connectivity index is 2.94. The van der Waals surface area contributed by atoms with E-state index >= 15 is 0 Å². The van der Waals surface area contributed by atoms with Gasteiger partial charge in [0, 0.05) is 12.3 Å². The van der Waals surface area contributed by atoms with Crippen LogP contribution in [0.15, 0.2) is 6.07 Å². The first-order valence-corrected chi connectivity index (χ1v) is 6.59. The van der Waals surface area contributed by atoms with Crippen LogP contribution in [0.5, 0.6) is 0 Å². The summed E-state index contributed by atoms with van der Waals surface area (Å²) in [5.74, 6) is 1.26. The molecule has 1 aromatic rings. The molecule has 3 nitrogen and oxygen atoms in total. The zero-order valence-electron chi connectivity index (χ0n) is 11.0. The van der Waals surface area contributed by atoms with Gasteiger partial charge in [-0.15, -0.1) is 0 Å².